The molecule has 1 aliphatic rings. The Hall–Kier alpha value is -3.95. The first-order valence-electron chi connectivity index (χ1n) is 20.1. The maximum atomic E-state index is 12.5. The minimum absolute atomic E-state index is 0.204. The number of ether oxygens (including phenoxy) is 5. The molecule has 2 N–H and O–H groups in total. The summed E-state index contributed by atoms with van der Waals surface area (Å²) in [5.74, 6) is 1.36. The van der Waals surface area contributed by atoms with E-state index in [4.69, 9.17) is 23.7 Å². The zero-order chi connectivity index (χ0) is 38.8. The van der Waals surface area contributed by atoms with Gasteiger partial charge in [0, 0.05) is 0 Å². The average Bonchev–Trinajstić information content (AvgIpc) is 3.57. The molecule has 0 spiro atoms. The third-order valence-electron chi connectivity index (χ3n) is 9.93. The molecule has 0 aliphatic carbocycles. The van der Waals surface area contributed by atoms with Crippen molar-refractivity contribution >= 4 is 18.2 Å². The van der Waals surface area contributed by atoms with E-state index in [9.17, 15) is 14.4 Å². The van der Waals surface area contributed by atoms with E-state index in [0.29, 0.717) is 25.9 Å². The van der Waals surface area contributed by atoms with Crippen molar-refractivity contribution in [3.63, 3.8) is 0 Å². The molecular weight excluding hydrogens is 672 g/mol. The maximum Gasteiger partial charge on any atom is 0.407 e. The molecule has 2 atom stereocenters. The minimum atomic E-state index is -1.10. The Kier molecular flexibility index (Phi) is 22.1. The van der Waals surface area contributed by atoms with Crippen molar-refractivity contribution in [2.45, 2.75) is 148 Å². The van der Waals surface area contributed by atoms with Gasteiger partial charge in [0.15, 0.2) is 0 Å². The highest BCUT2D eigenvalue weighted by molar-refractivity contribution is 5.85. The van der Waals surface area contributed by atoms with Crippen LogP contribution < -0.4 is 20.1 Å². The summed E-state index contributed by atoms with van der Waals surface area (Å²) in [6, 6.07) is 16.2. The topological polar surface area (TPSA) is 121 Å². The van der Waals surface area contributed by atoms with E-state index in [1.807, 2.05) is 43.3 Å². The highest BCUT2D eigenvalue weighted by Crippen LogP contribution is 2.25. The number of carbonyl (C=O) groups excluding carboxylic acids is 3. The summed E-state index contributed by atoms with van der Waals surface area (Å²) in [4.78, 5) is 35.6. The molecule has 1 fully saturated rings. The fraction of sp³-hybridized carbons (Fsp3) is 0.651. The van der Waals surface area contributed by atoms with Gasteiger partial charge >= 0.3 is 18.2 Å². The summed E-state index contributed by atoms with van der Waals surface area (Å²) in [7, 11) is 1.28. The summed E-state index contributed by atoms with van der Waals surface area (Å²) in [6.45, 7) is 12.4. The number of hydrogen-bond donors (Lipinski definition) is 2. The van der Waals surface area contributed by atoms with Gasteiger partial charge in [0.05, 0.1) is 32.5 Å². The number of rotatable bonds is 25. The van der Waals surface area contributed by atoms with Crippen molar-refractivity contribution in [2.24, 2.45) is 0 Å². The second-order valence-corrected chi connectivity index (χ2v) is 13.9. The third-order valence-corrected chi connectivity index (χ3v) is 9.93. The summed E-state index contributed by atoms with van der Waals surface area (Å²) in [5, 5.41) is 5.65. The van der Waals surface area contributed by atoms with Gasteiger partial charge in [-0.15, -0.1) is 0 Å². The number of unbranched alkanes of at least 4 members (excludes halogenated alkanes) is 8. The van der Waals surface area contributed by atoms with Gasteiger partial charge in [-0.2, -0.15) is 0 Å². The van der Waals surface area contributed by atoms with E-state index in [1.54, 1.807) is 6.92 Å². The Labute approximate surface area is 319 Å². The molecule has 1 heterocycles. The van der Waals surface area contributed by atoms with Crippen LogP contribution in [0.2, 0.25) is 0 Å². The first kappa shape index (κ1) is 45.2. The van der Waals surface area contributed by atoms with Crippen molar-refractivity contribution < 1.29 is 38.1 Å². The van der Waals surface area contributed by atoms with E-state index in [-0.39, 0.29) is 18.2 Å². The minimum Gasteiger partial charge on any atom is -0.494 e. The van der Waals surface area contributed by atoms with Crippen LogP contribution >= 0.6 is 0 Å². The zero-order valence-electron chi connectivity index (χ0n) is 33.5. The van der Waals surface area contributed by atoms with Crippen molar-refractivity contribution in [2.75, 3.05) is 33.5 Å². The van der Waals surface area contributed by atoms with Gasteiger partial charge in [0.25, 0.3) is 0 Å². The van der Waals surface area contributed by atoms with Gasteiger partial charge in [0.1, 0.15) is 23.6 Å². The van der Waals surface area contributed by atoms with Crippen molar-refractivity contribution in [1.29, 1.82) is 0 Å². The molecule has 53 heavy (non-hydrogen) atoms. The van der Waals surface area contributed by atoms with Crippen LogP contribution in [0, 0.1) is 0 Å². The number of alkyl carbamates (subject to hydrolysis) is 2. The maximum absolute atomic E-state index is 12.5. The van der Waals surface area contributed by atoms with Crippen LogP contribution in [-0.2, 0) is 31.8 Å². The van der Waals surface area contributed by atoms with Crippen LogP contribution in [0.15, 0.2) is 48.5 Å². The lowest BCUT2D eigenvalue weighted by molar-refractivity contribution is -0.151. The Morgan fingerprint density at radius 2 is 1.30 bits per heavy atom. The smallest absolute Gasteiger partial charge is 0.407 e. The Morgan fingerprint density at radius 3 is 1.74 bits per heavy atom. The summed E-state index contributed by atoms with van der Waals surface area (Å²) >= 11 is 0. The van der Waals surface area contributed by atoms with Gasteiger partial charge in [-0.25, -0.2) is 14.4 Å². The lowest BCUT2D eigenvalue weighted by atomic mass is 9.88. The molecule has 2 aromatic carbocycles. The molecule has 0 saturated carbocycles. The number of amides is 2. The lowest BCUT2D eigenvalue weighted by Crippen LogP contribution is -2.55. The van der Waals surface area contributed by atoms with Crippen LogP contribution in [0.5, 0.6) is 11.5 Å². The van der Waals surface area contributed by atoms with Gasteiger partial charge in [-0.05, 0) is 93.7 Å². The van der Waals surface area contributed by atoms with Crippen molar-refractivity contribution in [1.82, 2.24) is 10.6 Å². The summed E-state index contributed by atoms with van der Waals surface area (Å²) in [6.07, 6.45) is 15.6. The number of esters is 1. The van der Waals surface area contributed by atoms with Gasteiger partial charge < -0.3 is 34.3 Å². The molecule has 3 rings (SSSR count). The van der Waals surface area contributed by atoms with Gasteiger partial charge in [-0.3, -0.25) is 0 Å². The molecule has 2 unspecified atom stereocenters. The molecule has 10 nitrogen and oxygen atoms in total. The highest BCUT2D eigenvalue weighted by atomic mass is 16.6. The first-order valence-corrected chi connectivity index (χ1v) is 20.1. The largest absolute Gasteiger partial charge is 0.494 e. The summed E-state index contributed by atoms with van der Waals surface area (Å²) in [5.41, 5.74) is 1.02. The van der Waals surface area contributed by atoms with E-state index >= 15 is 0 Å². The fourth-order valence-electron chi connectivity index (χ4n) is 6.17. The lowest BCUT2D eigenvalue weighted by Gasteiger charge is -2.30. The van der Waals surface area contributed by atoms with Crippen LogP contribution in [0.25, 0.3) is 0 Å². The van der Waals surface area contributed by atoms with Crippen molar-refractivity contribution in [3.8, 4) is 11.5 Å². The van der Waals surface area contributed by atoms with Crippen molar-refractivity contribution in [3.05, 3.63) is 59.7 Å². The van der Waals surface area contributed by atoms with E-state index < -0.39 is 17.6 Å². The second kappa shape index (κ2) is 25.9. The number of hydrogen-bond acceptors (Lipinski definition) is 8. The monoisotopic (exact) mass is 740 g/mol. The number of methoxy groups -OCH3 is 1. The quantitative estimate of drug-likeness (QED) is 0.0586. The van der Waals surface area contributed by atoms with E-state index in [1.165, 1.54) is 64.0 Å². The molecular formula is C43H68N2O8. The standard InChI is InChI=1S/C23H37NO5.C20H31NO3/c1-5-8-9-10-11-18-29-20-14-12-19(13-15-20)16-17-23(6-2,21(25)28-7-3)24-22(26)27-4;1-3-5-6-7-8-15-23-18-11-9-17(10-12-18)13-14-20(4-2)16-24-19(22)21-20/h12-15H,5-11,16-18H2,1-4H3,(H,24,26);9-12H,3-8,13-16H2,1-2H3,(H,21,22). The molecule has 1 saturated heterocycles. The normalized spacial score (nSPS) is 15.9. The van der Waals surface area contributed by atoms with Gasteiger partial charge in [-0.1, -0.05) is 103 Å². The van der Waals surface area contributed by atoms with E-state index in [2.05, 4.69) is 43.5 Å². The second-order valence-electron chi connectivity index (χ2n) is 13.9. The Bertz CT molecular complexity index is 1300. The number of benzene rings is 2. The van der Waals surface area contributed by atoms with Gasteiger partial charge in [0.2, 0.25) is 0 Å². The van der Waals surface area contributed by atoms with E-state index in [0.717, 1.165) is 62.4 Å². The molecule has 1 aliphatic heterocycles. The molecule has 10 heteroatoms. The number of carbonyl (C=O) groups is 3. The molecule has 2 aromatic rings. The average molecular weight is 741 g/mol. The number of cyclic esters (lactones) is 1. The number of aryl methyl sites for hydroxylation is 2. The fourth-order valence-corrected chi connectivity index (χ4v) is 6.17. The highest BCUT2D eigenvalue weighted by Gasteiger charge is 2.40. The Morgan fingerprint density at radius 1 is 0.774 bits per heavy atom. The predicted molar refractivity (Wildman–Crippen MR) is 211 cm³/mol. The molecule has 0 aromatic heterocycles. The number of nitrogens with one attached hydrogen (secondary N) is 2. The summed E-state index contributed by atoms with van der Waals surface area (Å²) < 4.78 is 26.6. The molecule has 0 bridgehead atoms. The zero-order valence-corrected chi connectivity index (χ0v) is 33.5. The van der Waals surface area contributed by atoms with Crippen LogP contribution in [0.4, 0.5) is 9.59 Å². The molecule has 0 radical (unpaired) electrons. The predicted octanol–water partition coefficient (Wildman–Crippen LogP) is 9.89. The Balaban J connectivity index is 0.000000373. The van der Waals surface area contributed by atoms with Crippen LogP contribution in [-0.4, -0.2) is 62.8 Å². The molecule has 2 amide bonds. The molecule has 298 valence electrons. The van der Waals surface area contributed by atoms with Crippen LogP contribution in [0.1, 0.15) is 136 Å². The first-order chi connectivity index (χ1) is 25.7. The SMILES string of the molecule is CCCCCCCOc1ccc(CCC(CC)(NC(=O)OC)C(=O)OCC)cc1.CCCCCCCOc1ccc(CCC2(CC)COC(=O)N2)cc1. The van der Waals surface area contributed by atoms with Crippen LogP contribution in [0.3, 0.4) is 0 Å². The third kappa shape index (κ3) is 17.2.